The minimum absolute atomic E-state index is 0.0273. The van der Waals surface area contributed by atoms with Crippen LogP contribution in [0.15, 0.2) is 40.2 Å². The predicted octanol–water partition coefficient (Wildman–Crippen LogP) is 1.78. The lowest BCUT2D eigenvalue weighted by Crippen LogP contribution is -2.21. The summed E-state index contributed by atoms with van der Waals surface area (Å²) in [5.74, 6) is -0.371. The highest BCUT2D eigenvalue weighted by Crippen LogP contribution is 2.08. The molecule has 108 valence electrons. The van der Waals surface area contributed by atoms with Gasteiger partial charge in [0.05, 0.1) is 12.6 Å². The Morgan fingerprint density at radius 2 is 2.19 bits per heavy atom. The number of carbonyl (C=O) groups is 1. The van der Waals surface area contributed by atoms with Crippen molar-refractivity contribution in [3.63, 3.8) is 0 Å². The molecule has 0 bridgehead atoms. The van der Waals surface area contributed by atoms with E-state index in [1.54, 1.807) is 24.3 Å². The Bertz CT molecular complexity index is 769. The summed E-state index contributed by atoms with van der Waals surface area (Å²) in [7, 11) is 0. The van der Waals surface area contributed by atoms with Crippen molar-refractivity contribution in [2.75, 3.05) is 0 Å². The van der Waals surface area contributed by atoms with E-state index in [1.807, 2.05) is 0 Å². The second-order valence-corrected chi connectivity index (χ2v) is 4.98. The zero-order valence-electron chi connectivity index (χ0n) is 10.7. The molecule has 2 rings (SSSR count). The van der Waals surface area contributed by atoms with Gasteiger partial charge in [0.1, 0.15) is 0 Å². The summed E-state index contributed by atoms with van der Waals surface area (Å²) in [4.78, 5) is 28.0. The van der Waals surface area contributed by atoms with Crippen molar-refractivity contribution < 1.29 is 4.79 Å². The average Bonchev–Trinajstić information content (AvgIpc) is 2.37. The van der Waals surface area contributed by atoms with Gasteiger partial charge >= 0.3 is 0 Å². The largest absolute Gasteiger partial charge is 0.335 e. The molecular formula is C13H11ClN4O2S. The minimum atomic E-state index is -0.371. The summed E-state index contributed by atoms with van der Waals surface area (Å²) < 4.78 is 0.174. The van der Waals surface area contributed by atoms with Crippen molar-refractivity contribution in [2.24, 2.45) is 5.10 Å². The van der Waals surface area contributed by atoms with Crippen LogP contribution in [0.2, 0.25) is 5.02 Å². The number of nitrogens with zero attached hydrogens (tertiary/aromatic N) is 1. The summed E-state index contributed by atoms with van der Waals surface area (Å²) >= 11 is 10.6. The van der Waals surface area contributed by atoms with Gasteiger partial charge in [-0.2, -0.15) is 5.10 Å². The Balaban J connectivity index is 1.96. The van der Waals surface area contributed by atoms with E-state index < -0.39 is 0 Å². The fourth-order valence-electron chi connectivity index (χ4n) is 1.59. The van der Waals surface area contributed by atoms with Crippen molar-refractivity contribution in [1.29, 1.82) is 0 Å². The van der Waals surface area contributed by atoms with Gasteiger partial charge in [-0.05, 0) is 29.9 Å². The molecule has 21 heavy (non-hydrogen) atoms. The number of carbonyl (C=O) groups excluding carboxylic acids is 1. The van der Waals surface area contributed by atoms with Crippen molar-refractivity contribution in [3.05, 3.63) is 61.7 Å². The maximum atomic E-state index is 11.7. The third kappa shape index (κ3) is 4.97. The summed E-state index contributed by atoms with van der Waals surface area (Å²) in [6.45, 7) is 0. The Kier molecular flexibility index (Phi) is 5.02. The molecule has 0 saturated carbocycles. The second kappa shape index (κ2) is 6.96. The summed E-state index contributed by atoms with van der Waals surface area (Å²) in [6.07, 6.45) is 1.45. The molecule has 0 fully saturated rings. The number of nitrogens with one attached hydrogen (secondary N) is 3. The molecule has 0 unspecified atom stereocenters. The van der Waals surface area contributed by atoms with Crippen LogP contribution in [0, 0.1) is 4.77 Å². The monoisotopic (exact) mass is 322 g/mol. The molecule has 2 aromatic rings. The van der Waals surface area contributed by atoms with Crippen LogP contribution in [0.1, 0.15) is 11.3 Å². The molecule has 1 aromatic carbocycles. The predicted molar refractivity (Wildman–Crippen MR) is 83.1 cm³/mol. The number of hydrazone groups is 1. The maximum Gasteiger partial charge on any atom is 0.251 e. The summed E-state index contributed by atoms with van der Waals surface area (Å²) in [5, 5.41) is 4.40. The van der Waals surface area contributed by atoms with E-state index in [0.717, 1.165) is 5.56 Å². The van der Waals surface area contributed by atoms with Gasteiger partial charge in [0.15, 0.2) is 4.77 Å². The normalized spacial score (nSPS) is 10.7. The van der Waals surface area contributed by atoms with Crippen LogP contribution in [-0.4, -0.2) is 22.1 Å². The first-order valence-electron chi connectivity index (χ1n) is 5.93. The molecule has 1 heterocycles. The van der Waals surface area contributed by atoms with Crippen molar-refractivity contribution in [2.45, 2.75) is 6.42 Å². The lowest BCUT2D eigenvalue weighted by Gasteiger charge is -2.00. The number of amides is 1. The van der Waals surface area contributed by atoms with Gasteiger partial charge in [0, 0.05) is 16.8 Å². The van der Waals surface area contributed by atoms with Gasteiger partial charge in [-0.15, -0.1) is 0 Å². The van der Waals surface area contributed by atoms with Gasteiger partial charge in [-0.3, -0.25) is 14.6 Å². The quantitative estimate of drug-likeness (QED) is 0.455. The number of H-pyrrole nitrogens is 2. The zero-order chi connectivity index (χ0) is 15.2. The van der Waals surface area contributed by atoms with Crippen LogP contribution in [0.25, 0.3) is 0 Å². The number of aromatic amines is 2. The number of rotatable bonds is 4. The first-order chi connectivity index (χ1) is 10.0. The number of hydrogen-bond donors (Lipinski definition) is 3. The topological polar surface area (TPSA) is 90.1 Å². The smallest absolute Gasteiger partial charge is 0.251 e. The Labute approximate surface area is 129 Å². The van der Waals surface area contributed by atoms with E-state index in [1.165, 1.54) is 12.3 Å². The first-order valence-corrected chi connectivity index (χ1v) is 6.71. The van der Waals surface area contributed by atoms with Gasteiger partial charge in [-0.1, -0.05) is 23.7 Å². The van der Waals surface area contributed by atoms with E-state index in [0.29, 0.717) is 10.7 Å². The van der Waals surface area contributed by atoms with Crippen LogP contribution in [-0.2, 0) is 11.2 Å². The van der Waals surface area contributed by atoms with Crippen molar-refractivity contribution in [1.82, 2.24) is 15.4 Å². The molecule has 1 aromatic heterocycles. The van der Waals surface area contributed by atoms with E-state index in [-0.39, 0.29) is 22.7 Å². The highest BCUT2D eigenvalue weighted by atomic mass is 35.5. The third-order valence-corrected chi connectivity index (χ3v) is 2.86. The summed E-state index contributed by atoms with van der Waals surface area (Å²) in [5.41, 5.74) is 3.18. The molecule has 0 aliphatic heterocycles. The minimum Gasteiger partial charge on any atom is -0.335 e. The lowest BCUT2D eigenvalue weighted by molar-refractivity contribution is -0.120. The van der Waals surface area contributed by atoms with Gasteiger partial charge in [-0.25, -0.2) is 5.43 Å². The average molecular weight is 323 g/mol. The zero-order valence-corrected chi connectivity index (χ0v) is 12.3. The standard InChI is InChI=1S/C13H11ClN4O2S/c14-9-3-1-2-8(4-9)7-15-18-12(20)6-10-5-11(19)17-13(21)16-10/h1-5,7H,6H2,(H,18,20)(H2,16,17,19,21)/b15-7-. The second-order valence-electron chi connectivity index (χ2n) is 4.14. The molecule has 3 N–H and O–H groups in total. The Hall–Kier alpha value is -2.25. The van der Waals surface area contributed by atoms with Crippen molar-refractivity contribution >= 4 is 35.9 Å². The van der Waals surface area contributed by atoms with E-state index in [2.05, 4.69) is 20.5 Å². The van der Waals surface area contributed by atoms with E-state index in [4.69, 9.17) is 23.8 Å². The molecule has 0 atom stereocenters. The SMILES string of the molecule is O=C(Cc1cc(=O)[nH]c(=S)[nH]1)N/N=C\c1cccc(Cl)c1. The number of benzene rings is 1. The van der Waals surface area contributed by atoms with Crippen LogP contribution in [0.3, 0.4) is 0 Å². The van der Waals surface area contributed by atoms with E-state index in [9.17, 15) is 9.59 Å². The van der Waals surface area contributed by atoms with Crippen molar-refractivity contribution in [3.8, 4) is 0 Å². The first kappa shape index (κ1) is 15.1. The van der Waals surface area contributed by atoms with E-state index >= 15 is 0 Å². The molecule has 0 spiro atoms. The van der Waals surface area contributed by atoms with Crippen LogP contribution in [0.4, 0.5) is 0 Å². The highest BCUT2D eigenvalue weighted by Gasteiger charge is 2.03. The highest BCUT2D eigenvalue weighted by molar-refractivity contribution is 7.71. The van der Waals surface area contributed by atoms with Gasteiger partial charge in [0.25, 0.3) is 5.56 Å². The molecule has 8 heteroatoms. The summed E-state index contributed by atoms with van der Waals surface area (Å²) in [6, 6.07) is 8.31. The molecule has 0 aliphatic rings. The molecule has 0 saturated heterocycles. The molecule has 0 aliphatic carbocycles. The fraction of sp³-hybridized carbons (Fsp3) is 0.0769. The van der Waals surface area contributed by atoms with Crippen LogP contribution in [0.5, 0.6) is 0 Å². The molecule has 0 radical (unpaired) electrons. The fourth-order valence-corrected chi connectivity index (χ4v) is 2.02. The molecular weight excluding hydrogens is 312 g/mol. The molecule has 6 nitrogen and oxygen atoms in total. The van der Waals surface area contributed by atoms with Crippen LogP contribution >= 0.6 is 23.8 Å². The number of aromatic nitrogens is 2. The van der Waals surface area contributed by atoms with Crippen LogP contribution < -0.4 is 11.0 Å². The lowest BCUT2D eigenvalue weighted by atomic mass is 10.2. The van der Waals surface area contributed by atoms with Gasteiger partial charge < -0.3 is 4.98 Å². The van der Waals surface area contributed by atoms with Gasteiger partial charge in [0.2, 0.25) is 5.91 Å². The Morgan fingerprint density at radius 3 is 2.90 bits per heavy atom. The maximum absolute atomic E-state index is 11.7. The number of halogens is 1. The number of hydrogen-bond acceptors (Lipinski definition) is 4. The Morgan fingerprint density at radius 1 is 1.38 bits per heavy atom. The third-order valence-electron chi connectivity index (χ3n) is 2.42. The molecule has 1 amide bonds.